The number of fused-ring (bicyclic) bond motifs is 1. The van der Waals surface area contributed by atoms with Crippen molar-refractivity contribution >= 4 is 11.8 Å². The molecule has 4 nitrogen and oxygen atoms in total. The van der Waals surface area contributed by atoms with Crippen molar-refractivity contribution in [3.63, 3.8) is 0 Å². The predicted octanol–water partition coefficient (Wildman–Crippen LogP) is 3.79. The van der Waals surface area contributed by atoms with Crippen LogP contribution in [-0.2, 0) is 11.3 Å². The van der Waals surface area contributed by atoms with Gasteiger partial charge in [0.15, 0.2) is 0 Å². The van der Waals surface area contributed by atoms with E-state index in [9.17, 15) is 9.59 Å². The molecule has 0 spiro atoms. The maximum absolute atomic E-state index is 13.5. The Kier molecular flexibility index (Phi) is 4.74. The summed E-state index contributed by atoms with van der Waals surface area (Å²) in [6.45, 7) is 2.07. The summed E-state index contributed by atoms with van der Waals surface area (Å²) in [5, 5.41) is 0. The largest absolute Gasteiger partial charge is 0.341 e. The van der Waals surface area contributed by atoms with Crippen LogP contribution in [0.15, 0.2) is 54.6 Å². The van der Waals surface area contributed by atoms with E-state index in [-0.39, 0.29) is 11.8 Å². The fraction of sp³-hybridized carbons (Fsp3) is 0.364. The molecule has 2 aromatic carbocycles. The van der Waals surface area contributed by atoms with Crippen LogP contribution < -0.4 is 0 Å². The third-order valence-electron chi connectivity index (χ3n) is 5.43. The van der Waals surface area contributed by atoms with Gasteiger partial charge in [-0.15, -0.1) is 0 Å². The van der Waals surface area contributed by atoms with Gasteiger partial charge in [0.1, 0.15) is 6.04 Å². The number of rotatable bonds is 3. The minimum absolute atomic E-state index is 0.0439. The average Bonchev–Trinajstić information content (AvgIpc) is 2.86. The highest BCUT2D eigenvalue weighted by molar-refractivity contribution is 6.01. The van der Waals surface area contributed by atoms with Crippen molar-refractivity contribution in [2.45, 2.75) is 38.3 Å². The first-order valence-corrected chi connectivity index (χ1v) is 9.48. The van der Waals surface area contributed by atoms with E-state index in [0.717, 1.165) is 42.6 Å². The molecule has 0 aromatic heterocycles. The van der Waals surface area contributed by atoms with Gasteiger partial charge in [-0.1, -0.05) is 61.4 Å². The Morgan fingerprint density at radius 1 is 0.846 bits per heavy atom. The van der Waals surface area contributed by atoms with Gasteiger partial charge in [0, 0.05) is 25.2 Å². The highest BCUT2D eigenvalue weighted by Crippen LogP contribution is 2.33. The van der Waals surface area contributed by atoms with Gasteiger partial charge in [0.2, 0.25) is 5.91 Å². The third kappa shape index (κ3) is 3.12. The zero-order valence-corrected chi connectivity index (χ0v) is 14.9. The van der Waals surface area contributed by atoms with Gasteiger partial charge in [-0.2, -0.15) is 0 Å². The summed E-state index contributed by atoms with van der Waals surface area (Å²) in [4.78, 5) is 30.2. The predicted molar refractivity (Wildman–Crippen MR) is 101 cm³/mol. The summed E-state index contributed by atoms with van der Waals surface area (Å²) in [7, 11) is 0. The van der Waals surface area contributed by atoms with Crippen molar-refractivity contribution in [3.05, 3.63) is 71.3 Å². The molecule has 1 saturated heterocycles. The average molecular weight is 348 g/mol. The van der Waals surface area contributed by atoms with Crippen LogP contribution in [0.25, 0.3) is 0 Å². The van der Waals surface area contributed by atoms with E-state index in [2.05, 4.69) is 0 Å². The molecular weight excluding hydrogens is 324 g/mol. The molecule has 4 rings (SSSR count). The summed E-state index contributed by atoms with van der Waals surface area (Å²) in [5.74, 6) is 0.0110. The molecule has 0 bridgehead atoms. The van der Waals surface area contributed by atoms with Crippen molar-refractivity contribution < 1.29 is 9.59 Å². The van der Waals surface area contributed by atoms with Crippen molar-refractivity contribution in [3.8, 4) is 0 Å². The second kappa shape index (κ2) is 7.32. The van der Waals surface area contributed by atoms with Crippen LogP contribution in [0.5, 0.6) is 0 Å². The van der Waals surface area contributed by atoms with E-state index in [1.807, 2.05) is 59.5 Å². The summed E-state index contributed by atoms with van der Waals surface area (Å²) < 4.78 is 0. The molecule has 2 aliphatic rings. The minimum Gasteiger partial charge on any atom is -0.341 e. The first kappa shape index (κ1) is 16.8. The normalized spacial score (nSPS) is 18.4. The number of likely N-dealkylation sites (tertiary alicyclic amines) is 1. The molecule has 0 saturated carbocycles. The highest BCUT2D eigenvalue weighted by Gasteiger charge is 2.38. The van der Waals surface area contributed by atoms with E-state index in [4.69, 9.17) is 0 Å². The molecule has 2 amide bonds. The number of nitrogens with zero attached hydrogens (tertiary/aromatic N) is 2. The maximum atomic E-state index is 13.5. The monoisotopic (exact) mass is 348 g/mol. The molecule has 2 aromatic rings. The summed E-state index contributed by atoms with van der Waals surface area (Å²) in [6.07, 6.45) is 4.44. The van der Waals surface area contributed by atoms with Crippen LogP contribution in [0.3, 0.4) is 0 Å². The number of amides is 2. The van der Waals surface area contributed by atoms with Crippen molar-refractivity contribution in [1.29, 1.82) is 0 Å². The number of hydrogen-bond donors (Lipinski definition) is 0. The minimum atomic E-state index is -0.547. The molecule has 0 N–H and O–H groups in total. The molecule has 26 heavy (non-hydrogen) atoms. The Bertz CT molecular complexity index is 795. The molecule has 4 heteroatoms. The van der Waals surface area contributed by atoms with Crippen LogP contribution in [0.1, 0.15) is 53.2 Å². The molecule has 0 aliphatic carbocycles. The lowest BCUT2D eigenvalue weighted by Crippen LogP contribution is -2.43. The number of hydrogen-bond acceptors (Lipinski definition) is 2. The Morgan fingerprint density at radius 3 is 2.19 bits per heavy atom. The first-order chi connectivity index (χ1) is 12.8. The highest BCUT2D eigenvalue weighted by atomic mass is 16.2. The standard InChI is InChI=1S/C22H24N2O2/c25-21-19-13-7-6-12-18(19)16-24(21)20(17-10-4-3-5-11-17)22(26)23-14-8-1-2-9-15-23/h3-7,10-13,20H,1-2,8-9,14-16H2. The van der Waals surface area contributed by atoms with Gasteiger partial charge < -0.3 is 9.80 Å². The fourth-order valence-electron chi connectivity index (χ4n) is 4.04. The van der Waals surface area contributed by atoms with Crippen LogP contribution >= 0.6 is 0 Å². The summed E-state index contributed by atoms with van der Waals surface area (Å²) in [5.41, 5.74) is 2.61. The molecule has 1 fully saturated rings. The molecular formula is C22H24N2O2. The SMILES string of the molecule is O=C(C(c1ccccc1)N1Cc2ccccc2C1=O)N1CCCCCC1. The molecule has 134 valence electrons. The molecule has 2 aliphatic heterocycles. The Labute approximate surface area is 154 Å². The number of carbonyl (C=O) groups excluding carboxylic acids is 2. The van der Waals surface area contributed by atoms with Gasteiger partial charge in [0.25, 0.3) is 5.91 Å². The van der Waals surface area contributed by atoms with E-state index >= 15 is 0 Å². The molecule has 0 radical (unpaired) electrons. The number of benzene rings is 2. The lowest BCUT2D eigenvalue weighted by atomic mass is 10.0. The zero-order chi connectivity index (χ0) is 17.9. The maximum Gasteiger partial charge on any atom is 0.255 e. The molecule has 2 heterocycles. The third-order valence-corrected chi connectivity index (χ3v) is 5.43. The van der Waals surface area contributed by atoms with Gasteiger partial charge in [-0.25, -0.2) is 0 Å². The smallest absolute Gasteiger partial charge is 0.255 e. The Hall–Kier alpha value is -2.62. The van der Waals surface area contributed by atoms with E-state index in [0.29, 0.717) is 6.54 Å². The van der Waals surface area contributed by atoms with Crippen molar-refractivity contribution in [2.75, 3.05) is 13.1 Å². The van der Waals surface area contributed by atoms with Crippen LogP contribution in [0.4, 0.5) is 0 Å². The van der Waals surface area contributed by atoms with Gasteiger partial charge >= 0.3 is 0 Å². The van der Waals surface area contributed by atoms with Gasteiger partial charge in [0.05, 0.1) is 0 Å². The van der Waals surface area contributed by atoms with Crippen molar-refractivity contribution in [2.24, 2.45) is 0 Å². The number of carbonyl (C=O) groups is 2. The van der Waals surface area contributed by atoms with Crippen LogP contribution in [-0.4, -0.2) is 34.7 Å². The molecule has 1 unspecified atom stereocenters. The second-order valence-electron chi connectivity index (χ2n) is 7.14. The van der Waals surface area contributed by atoms with Crippen LogP contribution in [0, 0.1) is 0 Å². The lowest BCUT2D eigenvalue weighted by Gasteiger charge is -2.32. The Balaban J connectivity index is 1.68. The van der Waals surface area contributed by atoms with Gasteiger partial charge in [-0.05, 0) is 30.0 Å². The van der Waals surface area contributed by atoms with Crippen LogP contribution in [0.2, 0.25) is 0 Å². The first-order valence-electron chi connectivity index (χ1n) is 9.48. The molecule has 1 atom stereocenters. The van der Waals surface area contributed by atoms with Gasteiger partial charge in [-0.3, -0.25) is 9.59 Å². The van der Waals surface area contributed by atoms with E-state index in [1.54, 1.807) is 4.90 Å². The zero-order valence-electron chi connectivity index (χ0n) is 14.9. The van der Waals surface area contributed by atoms with E-state index < -0.39 is 6.04 Å². The van der Waals surface area contributed by atoms with Crippen molar-refractivity contribution in [1.82, 2.24) is 9.80 Å². The summed E-state index contributed by atoms with van der Waals surface area (Å²) in [6, 6.07) is 16.8. The quantitative estimate of drug-likeness (QED) is 0.847. The fourth-order valence-corrected chi connectivity index (χ4v) is 4.04. The Morgan fingerprint density at radius 2 is 1.50 bits per heavy atom. The topological polar surface area (TPSA) is 40.6 Å². The lowest BCUT2D eigenvalue weighted by molar-refractivity contribution is -0.136. The summed E-state index contributed by atoms with van der Waals surface area (Å²) >= 11 is 0. The second-order valence-corrected chi connectivity index (χ2v) is 7.14. The van der Waals surface area contributed by atoms with E-state index in [1.165, 1.54) is 12.8 Å².